The van der Waals surface area contributed by atoms with Crippen LogP contribution in [0.25, 0.3) is 10.9 Å². The molecule has 1 fully saturated rings. The summed E-state index contributed by atoms with van der Waals surface area (Å²) in [5.74, 6) is -0.00915. The number of carbonyl (C=O) groups is 1. The van der Waals surface area contributed by atoms with Crippen LogP contribution >= 0.6 is 0 Å². The van der Waals surface area contributed by atoms with Gasteiger partial charge in [-0.3, -0.25) is 14.0 Å². The molecule has 0 spiro atoms. The third kappa shape index (κ3) is 4.42. The standard InChI is InChI=1S/C18H25N3O4S/c1-2-21-17(15-5-3-4-6-16(15)20-21)18(22)19-14-9-7-13(8-10-14)11-12-26(23,24)25/h3-6,13-14H,2,7-12H2,1H3,(H,19,22)(H,23,24,25). The largest absolute Gasteiger partial charge is 0.348 e. The lowest BCUT2D eigenvalue weighted by molar-refractivity contribution is 0.0912. The van der Waals surface area contributed by atoms with Crippen molar-refractivity contribution in [3.05, 3.63) is 30.0 Å². The van der Waals surface area contributed by atoms with Gasteiger partial charge in [0.2, 0.25) is 0 Å². The van der Waals surface area contributed by atoms with Gasteiger partial charge in [0, 0.05) is 18.0 Å². The number of hydrogen-bond acceptors (Lipinski definition) is 4. The summed E-state index contributed by atoms with van der Waals surface area (Å²) >= 11 is 0. The van der Waals surface area contributed by atoms with Gasteiger partial charge in [0.25, 0.3) is 16.0 Å². The highest BCUT2D eigenvalue weighted by molar-refractivity contribution is 7.85. The van der Waals surface area contributed by atoms with Crippen molar-refractivity contribution < 1.29 is 17.8 Å². The number of nitrogens with zero attached hydrogens (tertiary/aromatic N) is 2. The summed E-state index contributed by atoms with van der Waals surface area (Å²) in [5, 5.41) is 8.45. The molecule has 1 aromatic heterocycles. The van der Waals surface area contributed by atoms with E-state index in [0.717, 1.165) is 36.6 Å². The van der Waals surface area contributed by atoms with Gasteiger partial charge in [0.05, 0.1) is 11.3 Å². The van der Waals surface area contributed by atoms with Crippen molar-refractivity contribution in [3.63, 3.8) is 0 Å². The Morgan fingerprint density at radius 2 is 1.96 bits per heavy atom. The molecule has 1 saturated carbocycles. The zero-order valence-electron chi connectivity index (χ0n) is 14.9. The lowest BCUT2D eigenvalue weighted by Crippen LogP contribution is -2.38. The van der Waals surface area contributed by atoms with Crippen molar-refractivity contribution in [2.24, 2.45) is 5.92 Å². The first-order valence-electron chi connectivity index (χ1n) is 9.09. The van der Waals surface area contributed by atoms with Crippen LogP contribution in [0.3, 0.4) is 0 Å². The third-order valence-corrected chi connectivity index (χ3v) is 5.88. The smallest absolute Gasteiger partial charge is 0.270 e. The summed E-state index contributed by atoms with van der Waals surface area (Å²) in [6, 6.07) is 7.71. The quantitative estimate of drug-likeness (QED) is 0.751. The number of fused-ring (bicyclic) bond motifs is 1. The van der Waals surface area contributed by atoms with E-state index in [1.54, 1.807) is 4.68 Å². The Morgan fingerprint density at radius 3 is 2.62 bits per heavy atom. The summed E-state index contributed by atoms with van der Waals surface area (Å²) in [6.07, 6.45) is 3.83. The average Bonchev–Trinajstić information content (AvgIpc) is 2.99. The van der Waals surface area contributed by atoms with E-state index in [1.165, 1.54) is 0 Å². The molecular weight excluding hydrogens is 354 g/mol. The number of rotatable bonds is 6. The van der Waals surface area contributed by atoms with E-state index in [9.17, 15) is 13.2 Å². The normalized spacial score (nSPS) is 21.0. The van der Waals surface area contributed by atoms with Crippen LogP contribution in [-0.4, -0.2) is 40.5 Å². The van der Waals surface area contributed by atoms with E-state index >= 15 is 0 Å². The summed E-state index contributed by atoms with van der Waals surface area (Å²) in [6.45, 7) is 2.59. The summed E-state index contributed by atoms with van der Waals surface area (Å²) in [7, 11) is -3.89. The molecule has 1 aromatic carbocycles. The van der Waals surface area contributed by atoms with Gasteiger partial charge in [-0.2, -0.15) is 13.5 Å². The third-order valence-electron chi connectivity index (χ3n) is 5.13. The van der Waals surface area contributed by atoms with Crippen molar-refractivity contribution >= 4 is 26.9 Å². The zero-order valence-corrected chi connectivity index (χ0v) is 15.7. The molecule has 0 radical (unpaired) electrons. The van der Waals surface area contributed by atoms with Crippen molar-refractivity contribution in [2.75, 3.05) is 5.75 Å². The van der Waals surface area contributed by atoms with Crippen LogP contribution in [0, 0.1) is 5.92 Å². The second kappa shape index (κ2) is 7.75. The molecule has 3 rings (SSSR count). The molecule has 0 unspecified atom stereocenters. The molecule has 2 N–H and O–H groups in total. The molecule has 142 valence electrons. The predicted octanol–water partition coefficient (Wildman–Crippen LogP) is 2.62. The van der Waals surface area contributed by atoms with Crippen molar-refractivity contribution in [2.45, 2.75) is 51.6 Å². The van der Waals surface area contributed by atoms with Gasteiger partial charge >= 0.3 is 0 Å². The first-order valence-corrected chi connectivity index (χ1v) is 10.7. The Labute approximate surface area is 153 Å². The number of amides is 1. The van der Waals surface area contributed by atoms with Gasteiger partial charge in [-0.1, -0.05) is 18.2 Å². The van der Waals surface area contributed by atoms with E-state index in [-0.39, 0.29) is 23.6 Å². The Bertz CT molecular complexity index is 883. The van der Waals surface area contributed by atoms with Gasteiger partial charge < -0.3 is 5.32 Å². The van der Waals surface area contributed by atoms with Gasteiger partial charge in [-0.15, -0.1) is 0 Å². The van der Waals surface area contributed by atoms with E-state index in [4.69, 9.17) is 4.55 Å². The molecule has 26 heavy (non-hydrogen) atoms. The van der Waals surface area contributed by atoms with Crippen LogP contribution in [0.1, 0.15) is 49.5 Å². The molecule has 1 aliphatic rings. The van der Waals surface area contributed by atoms with Crippen LogP contribution in [0.5, 0.6) is 0 Å². The number of nitrogens with one attached hydrogen (secondary N) is 1. The first kappa shape index (κ1) is 18.8. The molecule has 0 saturated heterocycles. The molecular formula is C18H25N3O4S. The zero-order chi connectivity index (χ0) is 18.7. The summed E-state index contributed by atoms with van der Waals surface area (Å²) in [4.78, 5) is 12.8. The topological polar surface area (TPSA) is 101 Å². The minimum atomic E-state index is -3.89. The van der Waals surface area contributed by atoms with Crippen LogP contribution in [-0.2, 0) is 16.7 Å². The fraction of sp³-hybridized carbons (Fsp3) is 0.556. The van der Waals surface area contributed by atoms with Crippen LogP contribution in [0.15, 0.2) is 24.3 Å². The Morgan fingerprint density at radius 1 is 1.27 bits per heavy atom. The maximum atomic E-state index is 12.8. The number of benzene rings is 1. The van der Waals surface area contributed by atoms with Crippen molar-refractivity contribution in [1.29, 1.82) is 0 Å². The molecule has 1 amide bonds. The minimum Gasteiger partial charge on any atom is -0.348 e. The van der Waals surface area contributed by atoms with Crippen LogP contribution in [0.2, 0.25) is 0 Å². The molecule has 0 aliphatic heterocycles. The second-order valence-electron chi connectivity index (χ2n) is 6.95. The highest BCUT2D eigenvalue weighted by Crippen LogP contribution is 2.28. The number of hydrogen-bond donors (Lipinski definition) is 2. The van der Waals surface area contributed by atoms with Gasteiger partial charge in [0.15, 0.2) is 0 Å². The fourth-order valence-corrected chi connectivity index (χ4v) is 4.34. The minimum absolute atomic E-state index is 0.0865. The second-order valence-corrected chi connectivity index (χ2v) is 8.52. The lowest BCUT2D eigenvalue weighted by Gasteiger charge is -2.29. The summed E-state index contributed by atoms with van der Waals surface area (Å²) < 4.78 is 32.3. The monoisotopic (exact) mass is 379 g/mol. The molecule has 0 bridgehead atoms. The predicted molar refractivity (Wildman–Crippen MR) is 99.7 cm³/mol. The molecule has 7 nitrogen and oxygen atoms in total. The first-order chi connectivity index (χ1) is 12.4. The molecule has 2 aromatic rings. The Kier molecular flexibility index (Phi) is 5.62. The Balaban J connectivity index is 1.62. The number of carbonyl (C=O) groups excluding carboxylic acids is 1. The lowest BCUT2D eigenvalue weighted by atomic mass is 9.84. The van der Waals surface area contributed by atoms with Crippen molar-refractivity contribution in [1.82, 2.24) is 15.1 Å². The highest BCUT2D eigenvalue weighted by atomic mass is 32.2. The van der Waals surface area contributed by atoms with Crippen LogP contribution in [0.4, 0.5) is 0 Å². The van der Waals surface area contributed by atoms with Crippen LogP contribution < -0.4 is 5.32 Å². The summed E-state index contributed by atoms with van der Waals surface area (Å²) in [5.41, 5.74) is 1.41. The molecule has 1 heterocycles. The molecule has 0 atom stereocenters. The highest BCUT2D eigenvalue weighted by Gasteiger charge is 2.25. The SMILES string of the molecule is CCn1nc2ccccc2c1C(=O)NC1CCC(CCS(=O)(=O)O)CC1. The number of aromatic nitrogens is 2. The van der Waals surface area contributed by atoms with E-state index in [2.05, 4.69) is 10.4 Å². The molecule has 8 heteroatoms. The number of aryl methyl sites for hydroxylation is 1. The van der Waals surface area contributed by atoms with E-state index in [1.807, 2.05) is 31.2 Å². The van der Waals surface area contributed by atoms with Gasteiger partial charge in [-0.25, -0.2) is 0 Å². The van der Waals surface area contributed by atoms with E-state index < -0.39 is 10.1 Å². The fourth-order valence-electron chi connectivity index (χ4n) is 3.71. The van der Waals surface area contributed by atoms with Gasteiger partial charge in [0.1, 0.15) is 5.69 Å². The van der Waals surface area contributed by atoms with E-state index in [0.29, 0.717) is 18.7 Å². The average molecular weight is 379 g/mol. The van der Waals surface area contributed by atoms with Crippen molar-refractivity contribution in [3.8, 4) is 0 Å². The maximum Gasteiger partial charge on any atom is 0.270 e. The Hall–Kier alpha value is -1.93. The maximum absolute atomic E-state index is 12.8. The van der Waals surface area contributed by atoms with Gasteiger partial charge in [-0.05, 0) is 51.0 Å². The molecule has 1 aliphatic carbocycles.